The smallest absolute Gasteiger partial charge is 0.373 e. The van der Waals surface area contributed by atoms with Gasteiger partial charge in [-0.15, -0.1) is 11.8 Å². The summed E-state index contributed by atoms with van der Waals surface area (Å²) in [6, 6.07) is 6.87. The lowest BCUT2D eigenvalue weighted by molar-refractivity contribution is 0.0563. The summed E-state index contributed by atoms with van der Waals surface area (Å²) in [5.41, 5.74) is 0. The van der Waals surface area contributed by atoms with Gasteiger partial charge in [0.05, 0.1) is 12.4 Å². The van der Waals surface area contributed by atoms with Crippen LogP contribution in [0.3, 0.4) is 0 Å². The van der Waals surface area contributed by atoms with Crippen LogP contribution >= 0.6 is 11.8 Å². The average molecular weight is 298 g/mol. The molecule has 1 atom stereocenters. The highest BCUT2D eigenvalue weighted by molar-refractivity contribution is 7.99. The molecule has 1 heterocycles. The number of hydrogen-bond donors (Lipinski definition) is 0. The standard InChI is InChI=1S/C14H12F2O3S/c1-8(12-5-6-13(19-12)14(17)18-2)20-9-3-4-10(15)11(16)7-9/h3-8H,1-2H3. The maximum Gasteiger partial charge on any atom is 0.373 e. The minimum Gasteiger partial charge on any atom is -0.463 e. The highest BCUT2D eigenvalue weighted by atomic mass is 32.2. The summed E-state index contributed by atoms with van der Waals surface area (Å²) in [6.45, 7) is 1.84. The van der Waals surface area contributed by atoms with E-state index in [4.69, 9.17) is 4.42 Å². The number of benzene rings is 1. The van der Waals surface area contributed by atoms with Gasteiger partial charge in [0, 0.05) is 4.90 Å². The highest BCUT2D eigenvalue weighted by Gasteiger charge is 2.16. The van der Waals surface area contributed by atoms with Crippen molar-refractivity contribution in [2.75, 3.05) is 7.11 Å². The van der Waals surface area contributed by atoms with Crippen LogP contribution in [0.25, 0.3) is 0 Å². The van der Waals surface area contributed by atoms with E-state index in [1.807, 2.05) is 6.92 Å². The molecule has 3 nitrogen and oxygen atoms in total. The van der Waals surface area contributed by atoms with Crippen LogP contribution in [0.5, 0.6) is 0 Å². The molecule has 0 aliphatic rings. The maximum absolute atomic E-state index is 13.1. The van der Waals surface area contributed by atoms with Gasteiger partial charge < -0.3 is 9.15 Å². The van der Waals surface area contributed by atoms with E-state index in [1.165, 1.54) is 31.0 Å². The molecule has 0 amide bonds. The highest BCUT2D eigenvalue weighted by Crippen LogP contribution is 2.36. The van der Waals surface area contributed by atoms with Gasteiger partial charge in [-0.25, -0.2) is 13.6 Å². The SMILES string of the molecule is COC(=O)c1ccc(C(C)Sc2ccc(F)c(F)c2)o1. The number of thioether (sulfide) groups is 1. The van der Waals surface area contributed by atoms with Crippen LogP contribution in [-0.2, 0) is 4.74 Å². The largest absolute Gasteiger partial charge is 0.463 e. The molecule has 0 saturated carbocycles. The first-order valence-corrected chi connectivity index (χ1v) is 6.69. The number of esters is 1. The van der Waals surface area contributed by atoms with Crippen LogP contribution in [-0.4, -0.2) is 13.1 Å². The van der Waals surface area contributed by atoms with Crippen LogP contribution in [0.15, 0.2) is 39.6 Å². The second-order valence-corrected chi connectivity index (χ2v) is 5.44. The van der Waals surface area contributed by atoms with E-state index >= 15 is 0 Å². The van der Waals surface area contributed by atoms with Crippen molar-refractivity contribution in [3.8, 4) is 0 Å². The van der Waals surface area contributed by atoms with E-state index in [1.54, 1.807) is 6.07 Å². The van der Waals surface area contributed by atoms with Crippen molar-refractivity contribution in [3.63, 3.8) is 0 Å². The van der Waals surface area contributed by atoms with Gasteiger partial charge in [-0.3, -0.25) is 0 Å². The molecule has 0 spiro atoms. The fourth-order valence-electron chi connectivity index (χ4n) is 1.59. The van der Waals surface area contributed by atoms with Gasteiger partial charge in [-0.1, -0.05) is 0 Å². The van der Waals surface area contributed by atoms with Gasteiger partial charge in [0.2, 0.25) is 5.76 Å². The third-order valence-corrected chi connectivity index (χ3v) is 3.73. The molecule has 0 aliphatic heterocycles. The Morgan fingerprint density at radius 1 is 1.25 bits per heavy atom. The molecule has 0 bridgehead atoms. The molecule has 6 heteroatoms. The van der Waals surface area contributed by atoms with Gasteiger partial charge >= 0.3 is 5.97 Å². The van der Waals surface area contributed by atoms with Crippen molar-refractivity contribution in [3.05, 3.63) is 53.5 Å². The predicted molar refractivity (Wildman–Crippen MR) is 70.7 cm³/mol. The van der Waals surface area contributed by atoms with Gasteiger partial charge in [0.1, 0.15) is 5.76 Å². The van der Waals surface area contributed by atoms with E-state index in [0.717, 1.165) is 12.1 Å². The van der Waals surface area contributed by atoms with Crippen LogP contribution in [0.4, 0.5) is 8.78 Å². The third kappa shape index (κ3) is 3.19. The molecule has 0 fully saturated rings. The first-order chi connectivity index (χ1) is 9.51. The first-order valence-electron chi connectivity index (χ1n) is 5.81. The topological polar surface area (TPSA) is 39.4 Å². The Morgan fingerprint density at radius 3 is 2.65 bits per heavy atom. The van der Waals surface area contributed by atoms with Crippen LogP contribution in [0.2, 0.25) is 0 Å². The first kappa shape index (κ1) is 14.6. The van der Waals surface area contributed by atoms with Gasteiger partial charge in [-0.2, -0.15) is 0 Å². The lowest BCUT2D eigenvalue weighted by Gasteiger charge is -2.08. The summed E-state index contributed by atoms with van der Waals surface area (Å²) in [6.07, 6.45) is 0. The van der Waals surface area contributed by atoms with Crippen molar-refractivity contribution >= 4 is 17.7 Å². The summed E-state index contributed by atoms with van der Waals surface area (Å²) >= 11 is 1.30. The molecule has 2 aromatic rings. The minimum atomic E-state index is -0.892. The Balaban J connectivity index is 2.11. The second-order valence-electron chi connectivity index (χ2n) is 4.03. The number of furan rings is 1. The lowest BCUT2D eigenvalue weighted by Crippen LogP contribution is -1.98. The van der Waals surface area contributed by atoms with Crippen molar-refractivity contribution in [1.29, 1.82) is 0 Å². The van der Waals surface area contributed by atoms with Gasteiger partial charge in [0.15, 0.2) is 11.6 Å². The summed E-state index contributed by atoms with van der Waals surface area (Å²) in [7, 11) is 1.27. The van der Waals surface area contributed by atoms with Crippen molar-refractivity contribution in [1.82, 2.24) is 0 Å². The number of carbonyl (C=O) groups excluding carboxylic acids is 1. The van der Waals surface area contributed by atoms with E-state index in [9.17, 15) is 13.6 Å². The Labute approximate surface area is 118 Å². The molecule has 2 rings (SSSR count). The van der Waals surface area contributed by atoms with E-state index in [-0.39, 0.29) is 11.0 Å². The van der Waals surface area contributed by atoms with E-state index < -0.39 is 17.6 Å². The predicted octanol–water partition coefficient (Wildman–Crippen LogP) is 4.20. The number of halogens is 2. The Kier molecular flexibility index (Phi) is 4.44. The van der Waals surface area contributed by atoms with E-state index in [0.29, 0.717) is 10.7 Å². The number of carbonyl (C=O) groups is 1. The normalized spacial score (nSPS) is 12.2. The maximum atomic E-state index is 13.1. The molecule has 1 unspecified atom stereocenters. The molecule has 0 saturated heterocycles. The molecule has 106 valence electrons. The van der Waals surface area contributed by atoms with E-state index in [2.05, 4.69) is 4.74 Å². The molecular formula is C14H12F2O3S. The molecule has 0 N–H and O–H groups in total. The molecule has 20 heavy (non-hydrogen) atoms. The zero-order chi connectivity index (χ0) is 14.7. The molecule has 0 radical (unpaired) electrons. The summed E-state index contributed by atoms with van der Waals surface area (Å²) in [4.78, 5) is 11.9. The minimum absolute atomic E-state index is 0.111. The van der Waals surface area contributed by atoms with Crippen molar-refractivity contribution in [2.45, 2.75) is 17.1 Å². The van der Waals surface area contributed by atoms with Crippen LogP contribution in [0.1, 0.15) is 28.5 Å². The van der Waals surface area contributed by atoms with Crippen molar-refractivity contribution in [2.24, 2.45) is 0 Å². The number of methoxy groups -OCH3 is 1. The third-order valence-electron chi connectivity index (χ3n) is 2.62. The van der Waals surface area contributed by atoms with Crippen LogP contribution in [0, 0.1) is 11.6 Å². The summed E-state index contributed by atoms with van der Waals surface area (Å²) in [5, 5.41) is -0.154. The number of ether oxygens (including phenoxy) is 1. The quantitative estimate of drug-likeness (QED) is 0.626. The molecule has 1 aromatic heterocycles. The second kappa shape index (κ2) is 6.09. The monoisotopic (exact) mass is 298 g/mol. The average Bonchev–Trinajstić information content (AvgIpc) is 2.92. The van der Waals surface area contributed by atoms with Crippen LogP contribution < -0.4 is 0 Å². The Hall–Kier alpha value is -1.82. The summed E-state index contributed by atoms with van der Waals surface area (Å²) in [5.74, 6) is -1.66. The fourth-order valence-corrected chi connectivity index (χ4v) is 2.56. The zero-order valence-electron chi connectivity index (χ0n) is 10.9. The number of rotatable bonds is 4. The lowest BCUT2D eigenvalue weighted by atomic mass is 10.3. The Bertz CT molecular complexity index is 625. The molecule has 0 aliphatic carbocycles. The molecule has 1 aromatic carbocycles. The molecular weight excluding hydrogens is 286 g/mol. The van der Waals surface area contributed by atoms with Gasteiger partial charge in [0.25, 0.3) is 0 Å². The Morgan fingerprint density at radius 2 is 2.00 bits per heavy atom. The zero-order valence-corrected chi connectivity index (χ0v) is 11.7. The number of hydrogen-bond acceptors (Lipinski definition) is 4. The van der Waals surface area contributed by atoms with Crippen molar-refractivity contribution < 1.29 is 22.7 Å². The summed E-state index contributed by atoms with van der Waals surface area (Å²) < 4.78 is 35.9. The van der Waals surface area contributed by atoms with Gasteiger partial charge in [-0.05, 0) is 37.3 Å². The fraction of sp³-hybridized carbons (Fsp3) is 0.214.